The van der Waals surface area contributed by atoms with E-state index in [0.717, 1.165) is 6.21 Å². The molecule has 0 saturated carbocycles. The topological polar surface area (TPSA) is 91.9 Å². The summed E-state index contributed by atoms with van der Waals surface area (Å²) < 4.78 is 4.93. The molecule has 0 aliphatic carbocycles. The van der Waals surface area contributed by atoms with Crippen molar-refractivity contribution in [3.63, 3.8) is 0 Å². The normalized spacial score (nSPS) is 10.8. The van der Waals surface area contributed by atoms with Gasteiger partial charge in [-0.15, -0.1) is 0 Å². The number of amides is 1. The predicted octanol–water partition coefficient (Wildman–Crippen LogP) is 1.19. The lowest BCUT2D eigenvalue weighted by Crippen LogP contribution is -2.12. The van der Waals surface area contributed by atoms with Crippen molar-refractivity contribution in [1.82, 2.24) is 0 Å². The van der Waals surface area contributed by atoms with Crippen molar-refractivity contribution in [1.29, 1.82) is 0 Å². The molecule has 0 saturated heterocycles. The Hall–Kier alpha value is -2.63. The second kappa shape index (κ2) is 4.48. The Morgan fingerprint density at radius 1 is 1.35 bits per heavy atom. The van der Waals surface area contributed by atoms with Crippen molar-refractivity contribution >= 4 is 28.8 Å². The van der Waals surface area contributed by atoms with Gasteiger partial charge < -0.3 is 14.9 Å². The molecule has 1 aromatic carbocycles. The van der Waals surface area contributed by atoms with Gasteiger partial charge in [0.15, 0.2) is 0 Å². The molecule has 6 nitrogen and oxygen atoms in total. The molecule has 0 radical (unpaired) electrons. The lowest BCUT2D eigenvalue weighted by Gasteiger charge is -2.02. The number of oxime groups is 1. The molecule has 6 heteroatoms. The van der Waals surface area contributed by atoms with Crippen LogP contribution in [0, 0.1) is 0 Å². The maximum atomic E-state index is 11.1. The van der Waals surface area contributed by atoms with Crippen LogP contribution in [0.2, 0.25) is 0 Å². The van der Waals surface area contributed by atoms with E-state index >= 15 is 0 Å². The Morgan fingerprint density at radius 2 is 2.18 bits per heavy atom. The molecule has 0 bridgehead atoms. The standard InChI is InChI=1S/C11H8N2O4/c14-10(6-12-16)13-8-2-3-9-7(5-8)1-4-11(15)17-9/h1-6,16H,(H,13,14)/b12-6+. The summed E-state index contributed by atoms with van der Waals surface area (Å²) in [6, 6.07) is 7.68. The van der Waals surface area contributed by atoms with Gasteiger partial charge in [0.1, 0.15) is 11.8 Å². The molecule has 86 valence electrons. The monoisotopic (exact) mass is 232 g/mol. The largest absolute Gasteiger partial charge is 0.423 e. The van der Waals surface area contributed by atoms with E-state index in [0.29, 0.717) is 16.7 Å². The quantitative estimate of drug-likeness (QED) is 0.352. The number of fused-ring (bicyclic) bond motifs is 1. The van der Waals surface area contributed by atoms with Crippen LogP contribution >= 0.6 is 0 Å². The molecule has 0 atom stereocenters. The number of benzene rings is 1. The third kappa shape index (κ3) is 2.49. The summed E-state index contributed by atoms with van der Waals surface area (Å²) in [6.45, 7) is 0. The Balaban J connectivity index is 2.35. The van der Waals surface area contributed by atoms with E-state index in [9.17, 15) is 9.59 Å². The average molecular weight is 232 g/mol. The second-order valence-corrected chi connectivity index (χ2v) is 3.24. The molecule has 1 aromatic heterocycles. The molecular weight excluding hydrogens is 224 g/mol. The van der Waals surface area contributed by atoms with Gasteiger partial charge in [-0.1, -0.05) is 5.16 Å². The molecule has 0 aliphatic heterocycles. The molecule has 2 rings (SSSR count). The summed E-state index contributed by atoms with van der Waals surface area (Å²) in [5, 5.41) is 13.9. The Bertz CT molecular complexity index is 645. The van der Waals surface area contributed by atoms with Crippen LogP contribution in [0.25, 0.3) is 11.0 Å². The maximum Gasteiger partial charge on any atom is 0.336 e. The van der Waals surface area contributed by atoms with Gasteiger partial charge in [-0.3, -0.25) is 4.79 Å². The zero-order valence-corrected chi connectivity index (χ0v) is 8.58. The Labute approximate surface area is 95.2 Å². The Kier molecular flexibility index (Phi) is 2.87. The number of hydrogen-bond acceptors (Lipinski definition) is 5. The molecular formula is C11H8N2O4. The van der Waals surface area contributed by atoms with Crippen molar-refractivity contribution in [2.45, 2.75) is 0 Å². The smallest absolute Gasteiger partial charge is 0.336 e. The minimum absolute atomic E-state index is 0.429. The van der Waals surface area contributed by atoms with Crippen LogP contribution in [-0.2, 0) is 4.79 Å². The van der Waals surface area contributed by atoms with Gasteiger partial charge in [-0.25, -0.2) is 4.79 Å². The van der Waals surface area contributed by atoms with Crippen molar-refractivity contribution in [3.05, 3.63) is 40.8 Å². The van der Waals surface area contributed by atoms with Crippen LogP contribution in [-0.4, -0.2) is 17.3 Å². The van der Waals surface area contributed by atoms with E-state index in [4.69, 9.17) is 9.62 Å². The van der Waals surface area contributed by atoms with Gasteiger partial charge >= 0.3 is 5.63 Å². The van der Waals surface area contributed by atoms with Gasteiger partial charge in [0, 0.05) is 17.1 Å². The number of nitrogens with one attached hydrogen (secondary N) is 1. The molecule has 0 unspecified atom stereocenters. The van der Waals surface area contributed by atoms with Gasteiger partial charge in [-0.2, -0.15) is 0 Å². The summed E-state index contributed by atoms with van der Waals surface area (Å²) in [5.74, 6) is -0.552. The predicted molar refractivity (Wildman–Crippen MR) is 61.4 cm³/mol. The first kappa shape index (κ1) is 10.9. The summed E-state index contributed by atoms with van der Waals surface area (Å²) >= 11 is 0. The maximum absolute atomic E-state index is 11.1. The van der Waals surface area contributed by atoms with E-state index in [2.05, 4.69) is 10.5 Å². The number of nitrogens with zero attached hydrogens (tertiary/aromatic N) is 1. The SMILES string of the molecule is O=C(/C=N/O)Nc1ccc2oc(=O)ccc2c1. The van der Waals surface area contributed by atoms with Crippen LogP contribution in [0.4, 0.5) is 5.69 Å². The van der Waals surface area contributed by atoms with Gasteiger partial charge in [-0.05, 0) is 24.3 Å². The molecule has 0 spiro atoms. The first-order valence-corrected chi connectivity index (χ1v) is 4.71. The van der Waals surface area contributed by atoms with E-state index < -0.39 is 11.5 Å². The number of carbonyl (C=O) groups is 1. The van der Waals surface area contributed by atoms with E-state index in [1.807, 2.05) is 0 Å². The number of anilines is 1. The molecule has 2 N–H and O–H groups in total. The third-order valence-electron chi connectivity index (χ3n) is 2.06. The minimum Gasteiger partial charge on any atom is -0.423 e. The minimum atomic E-state index is -0.552. The van der Waals surface area contributed by atoms with E-state index in [1.54, 1.807) is 24.3 Å². The first-order chi connectivity index (χ1) is 8.19. The zero-order chi connectivity index (χ0) is 12.3. The summed E-state index contributed by atoms with van der Waals surface area (Å²) in [4.78, 5) is 22.1. The van der Waals surface area contributed by atoms with E-state index in [1.165, 1.54) is 6.07 Å². The fourth-order valence-electron chi connectivity index (χ4n) is 1.38. The number of carbonyl (C=O) groups excluding carboxylic acids is 1. The van der Waals surface area contributed by atoms with E-state index in [-0.39, 0.29) is 0 Å². The highest BCUT2D eigenvalue weighted by molar-refractivity contribution is 6.31. The Morgan fingerprint density at radius 3 is 2.94 bits per heavy atom. The highest BCUT2D eigenvalue weighted by Gasteiger charge is 2.02. The fourth-order valence-corrected chi connectivity index (χ4v) is 1.38. The highest BCUT2D eigenvalue weighted by Crippen LogP contribution is 2.17. The molecule has 0 fully saturated rings. The summed E-state index contributed by atoms with van der Waals surface area (Å²) in [5.41, 5.74) is 0.518. The zero-order valence-electron chi connectivity index (χ0n) is 8.58. The summed E-state index contributed by atoms with van der Waals surface area (Å²) in [7, 11) is 0. The van der Waals surface area contributed by atoms with Crippen molar-refractivity contribution < 1.29 is 14.4 Å². The molecule has 17 heavy (non-hydrogen) atoms. The number of rotatable bonds is 2. The van der Waals surface area contributed by atoms with Gasteiger partial charge in [0.25, 0.3) is 5.91 Å². The third-order valence-corrected chi connectivity index (χ3v) is 2.06. The lowest BCUT2D eigenvalue weighted by molar-refractivity contribution is -0.110. The molecule has 0 aliphatic rings. The second-order valence-electron chi connectivity index (χ2n) is 3.24. The fraction of sp³-hybridized carbons (Fsp3) is 0. The van der Waals surface area contributed by atoms with Crippen molar-refractivity contribution in [2.24, 2.45) is 5.16 Å². The van der Waals surface area contributed by atoms with Crippen LogP contribution in [0.1, 0.15) is 0 Å². The van der Waals surface area contributed by atoms with Crippen LogP contribution in [0.15, 0.2) is 44.7 Å². The first-order valence-electron chi connectivity index (χ1n) is 4.71. The van der Waals surface area contributed by atoms with Gasteiger partial charge in [0.2, 0.25) is 0 Å². The van der Waals surface area contributed by atoms with Crippen LogP contribution in [0.3, 0.4) is 0 Å². The van der Waals surface area contributed by atoms with Gasteiger partial charge in [0.05, 0.1) is 0 Å². The van der Waals surface area contributed by atoms with Crippen molar-refractivity contribution in [3.8, 4) is 0 Å². The highest BCUT2D eigenvalue weighted by atomic mass is 16.4. The average Bonchev–Trinajstić information content (AvgIpc) is 2.29. The molecule has 1 heterocycles. The number of hydrogen-bond donors (Lipinski definition) is 2. The van der Waals surface area contributed by atoms with Crippen LogP contribution in [0.5, 0.6) is 0 Å². The molecule has 2 aromatic rings. The lowest BCUT2D eigenvalue weighted by atomic mass is 10.2. The molecule has 1 amide bonds. The van der Waals surface area contributed by atoms with Crippen molar-refractivity contribution in [2.75, 3.05) is 5.32 Å². The summed E-state index contributed by atoms with van der Waals surface area (Å²) in [6.07, 6.45) is 0.745. The van der Waals surface area contributed by atoms with Crippen LogP contribution < -0.4 is 10.9 Å².